The van der Waals surface area contributed by atoms with E-state index in [0.29, 0.717) is 5.92 Å². The maximum Gasteiger partial charge on any atom is 0.118 e. The molecule has 0 spiro atoms. The van der Waals surface area contributed by atoms with E-state index < -0.39 is 0 Å². The van der Waals surface area contributed by atoms with Gasteiger partial charge in [0.2, 0.25) is 0 Å². The van der Waals surface area contributed by atoms with Crippen LogP contribution in [0.5, 0.6) is 0 Å². The van der Waals surface area contributed by atoms with Crippen LogP contribution >= 0.6 is 0 Å². The monoisotopic (exact) mass is 142 g/mol. The van der Waals surface area contributed by atoms with Gasteiger partial charge in [0.05, 0.1) is 0 Å². The molecule has 0 nitrogen and oxygen atoms in total. The zero-order valence-corrected chi connectivity index (χ0v) is 6.89. The highest BCUT2D eigenvalue weighted by molar-refractivity contribution is 5.10. The summed E-state index contributed by atoms with van der Waals surface area (Å²) in [7, 11) is 0. The lowest BCUT2D eigenvalue weighted by Gasteiger charge is -1.91. The van der Waals surface area contributed by atoms with Crippen LogP contribution in [0.3, 0.4) is 0 Å². The van der Waals surface area contributed by atoms with E-state index >= 15 is 0 Å². The molecule has 0 saturated carbocycles. The highest BCUT2D eigenvalue weighted by Gasteiger charge is 1.86. The predicted octanol–water partition coefficient (Wildman–Crippen LogP) is 3.46. The normalized spacial score (nSPS) is 13.5. The van der Waals surface area contributed by atoms with Crippen molar-refractivity contribution >= 4 is 0 Å². The van der Waals surface area contributed by atoms with Gasteiger partial charge in [0.15, 0.2) is 0 Å². The third-order valence-corrected chi connectivity index (χ3v) is 1.04. The SMILES string of the molecule is CC/C=C(F)\C=C/C(C)C. The number of rotatable bonds is 3. The zero-order chi connectivity index (χ0) is 7.98. The molecule has 0 unspecified atom stereocenters. The van der Waals surface area contributed by atoms with Gasteiger partial charge in [-0.25, -0.2) is 4.39 Å². The van der Waals surface area contributed by atoms with Gasteiger partial charge in [-0.15, -0.1) is 0 Å². The Bertz CT molecular complexity index is 132. The summed E-state index contributed by atoms with van der Waals surface area (Å²) in [6.45, 7) is 5.97. The van der Waals surface area contributed by atoms with Crippen LogP contribution in [0.4, 0.5) is 4.39 Å². The quantitative estimate of drug-likeness (QED) is 0.529. The van der Waals surface area contributed by atoms with Crippen molar-refractivity contribution < 1.29 is 4.39 Å². The maximum absolute atomic E-state index is 12.5. The lowest BCUT2D eigenvalue weighted by molar-refractivity contribution is 0.657. The zero-order valence-electron chi connectivity index (χ0n) is 6.89. The molecule has 0 atom stereocenters. The van der Waals surface area contributed by atoms with Crippen molar-refractivity contribution in [1.82, 2.24) is 0 Å². The van der Waals surface area contributed by atoms with E-state index in [-0.39, 0.29) is 5.83 Å². The third kappa shape index (κ3) is 5.54. The molecule has 0 fully saturated rings. The molecular weight excluding hydrogens is 127 g/mol. The molecule has 1 heteroatoms. The van der Waals surface area contributed by atoms with Crippen molar-refractivity contribution in [2.75, 3.05) is 0 Å². The Labute approximate surface area is 62.4 Å². The molecule has 0 N–H and O–H groups in total. The molecule has 0 amide bonds. The van der Waals surface area contributed by atoms with Gasteiger partial charge in [0, 0.05) is 0 Å². The van der Waals surface area contributed by atoms with Crippen LogP contribution in [0.2, 0.25) is 0 Å². The van der Waals surface area contributed by atoms with E-state index in [1.54, 1.807) is 6.08 Å². The van der Waals surface area contributed by atoms with Crippen molar-refractivity contribution in [3.63, 3.8) is 0 Å². The van der Waals surface area contributed by atoms with Gasteiger partial charge in [-0.05, 0) is 24.5 Å². The molecule has 58 valence electrons. The molecule has 0 aromatic heterocycles. The van der Waals surface area contributed by atoms with Crippen molar-refractivity contribution in [2.45, 2.75) is 27.2 Å². The summed E-state index contributed by atoms with van der Waals surface area (Å²) < 4.78 is 12.5. The predicted molar refractivity (Wildman–Crippen MR) is 43.5 cm³/mol. The minimum Gasteiger partial charge on any atom is -0.207 e. The van der Waals surface area contributed by atoms with Crippen molar-refractivity contribution in [3.05, 3.63) is 24.1 Å². The number of halogens is 1. The first-order chi connectivity index (χ1) is 4.66. The molecule has 0 aliphatic carbocycles. The molecule has 0 rings (SSSR count). The highest BCUT2D eigenvalue weighted by atomic mass is 19.1. The Morgan fingerprint density at radius 3 is 2.50 bits per heavy atom. The van der Waals surface area contributed by atoms with Crippen LogP contribution in [0.1, 0.15) is 27.2 Å². The lowest BCUT2D eigenvalue weighted by Crippen LogP contribution is -1.76. The molecule has 10 heavy (non-hydrogen) atoms. The second-order valence-corrected chi connectivity index (χ2v) is 2.60. The first-order valence-corrected chi connectivity index (χ1v) is 3.70. The first kappa shape index (κ1) is 9.41. The van der Waals surface area contributed by atoms with Crippen molar-refractivity contribution in [1.29, 1.82) is 0 Å². The largest absolute Gasteiger partial charge is 0.207 e. The fourth-order valence-electron chi connectivity index (χ4n) is 0.547. The van der Waals surface area contributed by atoms with Gasteiger partial charge < -0.3 is 0 Å². The molecule has 0 aliphatic heterocycles. The minimum atomic E-state index is -0.129. The van der Waals surface area contributed by atoms with Gasteiger partial charge in [0.25, 0.3) is 0 Å². The van der Waals surface area contributed by atoms with Crippen molar-refractivity contribution in [3.8, 4) is 0 Å². The molecule has 0 bridgehead atoms. The van der Waals surface area contributed by atoms with Gasteiger partial charge in [-0.1, -0.05) is 26.8 Å². The summed E-state index contributed by atoms with van der Waals surface area (Å²) in [5, 5.41) is 0. The summed E-state index contributed by atoms with van der Waals surface area (Å²) in [6, 6.07) is 0. The van der Waals surface area contributed by atoms with Crippen LogP contribution in [0, 0.1) is 5.92 Å². The second-order valence-electron chi connectivity index (χ2n) is 2.60. The van der Waals surface area contributed by atoms with E-state index in [4.69, 9.17) is 0 Å². The summed E-state index contributed by atoms with van der Waals surface area (Å²) in [5.41, 5.74) is 0. The second kappa shape index (κ2) is 5.21. The topological polar surface area (TPSA) is 0 Å². The molecule has 0 aromatic carbocycles. The average Bonchev–Trinajstić information content (AvgIpc) is 1.85. The Balaban J connectivity index is 3.77. The fourth-order valence-corrected chi connectivity index (χ4v) is 0.547. The van der Waals surface area contributed by atoms with E-state index in [1.165, 1.54) is 6.08 Å². The van der Waals surface area contributed by atoms with E-state index in [2.05, 4.69) is 0 Å². The van der Waals surface area contributed by atoms with E-state index in [9.17, 15) is 4.39 Å². The maximum atomic E-state index is 12.5. The van der Waals surface area contributed by atoms with Crippen LogP contribution in [0.25, 0.3) is 0 Å². The standard InChI is InChI=1S/C9H15F/c1-4-5-9(10)7-6-8(2)3/h5-8H,4H2,1-3H3/b7-6-,9-5+. The summed E-state index contributed by atoms with van der Waals surface area (Å²) in [5.74, 6) is 0.298. The van der Waals surface area contributed by atoms with Gasteiger partial charge in [-0.2, -0.15) is 0 Å². The Kier molecular flexibility index (Phi) is 4.91. The van der Waals surface area contributed by atoms with Crippen LogP contribution in [-0.2, 0) is 0 Å². The molecule has 0 radical (unpaired) electrons. The van der Waals surface area contributed by atoms with Gasteiger partial charge >= 0.3 is 0 Å². The Morgan fingerprint density at radius 1 is 1.50 bits per heavy atom. The summed E-state index contributed by atoms with van der Waals surface area (Å²) in [6.07, 6.45) is 5.70. The van der Waals surface area contributed by atoms with E-state index in [0.717, 1.165) is 6.42 Å². The molecule has 0 heterocycles. The van der Waals surface area contributed by atoms with Gasteiger partial charge in [-0.3, -0.25) is 0 Å². The fraction of sp³-hybridized carbons (Fsp3) is 0.556. The molecular formula is C9H15F. The molecule has 0 aromatic rings. The van der Waals surface area contributed by atoms with Crippen LogP contribution in [0.15, 0.2) is 24.1 Å². The molecule has 0 saturated heterocycles. The summed E-state index contributed by atoms with van der Waals surface area (Å²) in [4.78, 5) is 0. The van der Waals surface area contributed by atoms with Crippen LogP contribution in [-0.4, -0.2) is 0 Å². The first-order valence-electron chi connectivity index (χ1n) is 3.70. The number of hydrogen-bond donors (Lipinski definition) is 0. The average molecular weight is 142 g/mol. The summed E-state index contributed by atoms with van der Waals surface area (Å²) >= 11 is 0. The third-order valence-electron chi connectivity index (χ3n) is 1.04. The Morgan fingerprint density at radius 2 is 2.10 bits per heavy atom. The minimum absolute atomic E-state index is 0.129. The van der Waals surface area contributed by atoms with Crippen molar-refractivity contribution in [2.24, 2.45) is 5.92 Å². The Hall–Kier alpha value is -0.590. The van der Waals surface area contributed by atoms with E-state index in [1.807, 2.05) is 26.8 Å². The lowest BCUT2D eigenvalue weighted by atomic mass is 10.2. The number of hydrogen-bond acceptors (Lipinski definition) is 0. The smallest absolute Gasteiger partial charge is 0.118 e. The van der Waals surface area contributed by atoms with Crippen LogP contribution < -0.4 is 0 Å². The van der Waals surface area contributed by atoms with Gasteiger partial charge in [0.1, 0.15) is 5.83 Å². The highest BCUT2D eigenvalue weighted by Crippen LogP contribution is 2.03. The number of allylic oxidation sites excluding steroid dienone is 4. The molecule has 0 aliphatic rings.